The van der Waals surface area contributed by atoms with Crippen molar-refractivity contribution in [1.82, 2.24) is 15.3 Å². The molecular formula is C26H30N4O4. The number of fused-ring (bicyclic) bond motifs is 1. The molecule has 0 spiro atoms. The first-order valence-corrected chi connectivity index (χ1v) is 11.9. The van der Waals surface area contributed by atoms with Gasteiger partial charge in [0.25, 0.3) is 0 Å². The SMILES string of the molecule is Cc1ccc2c(N3CCC(NC(=O)OCC4CCCCO4)C3)nc(-c3ccccc3O)nc2c1. The highest BCUT2D eigenvalue weighted by Crippen LogP contribution is 2.33. The van der Waals surface area contributed by atoms with E-state index >= 15 is 0 Å². The molecule has 2 unspecified atom stereocenters. The van der Waals surface area contributed by atoms with Gasteiger partial charge in [-0.3, -0.25) is 0 Å². The number of carbonyl (C=O) groups excluding carboxylic acids is 1. The number of phenols is 1. The minimum absolute atomic E-state index is 0.00300. The number of nitrogens with zero attached hydrogens (tertiary/aromatic N) is 3. The average molecular weight is 463 g/mol. The number of alkyl carbamates (subject to hydrolysis) is 1. The van der Waals surface area contributed by atoms with Crippen molar-refractivity contribution in [2.24, 2.45) is 0 Å². The van der Waals surface area contributed by atoms with Gasteiger partial charge in [-0.05, 0) is 62.4 Å². The first-order chi connectivity index (χ1) is 16.6. The lowest BCUT2D eigenvalue weighted by Gasteiger charge is -2.23. The molecule has 2 aliphatic rings. The first-order valence-electron chi connectivity index (χ1n) is 11.9. The molecule has 5 rings (SSSR count). The van der Waals surface area contributed by atoms with Crippen LogP contribution in [0.3, 0.4) is 0 Å². The van der Waals surface area contributed by atoms with Crippen molar-refractivity contribution < 1.29 is 19.4 Å². The van der Waals surface area contributed by atoms with Crippen molar-refractivity contribution in [2.45, 2.75) is 44.8 Å². The van der Waals surface area contributed by atoms with E-state index in [1.807, 2.05) is 37.3 Å². The Balaban J connectivity index is 1.32. The molecule has 34 heavy (non-hydrogen) atoms. The van der Waals surface area contributed by atoms with Crippen LogP contribution in [-0.4, -0.2) is 59.6 Å². The molecule has 178 valence electrons. The molecule has 1 aromatic heterocycles. The highest BCUT2D eigenvalue weighted by molar-refractivity contribution is 5.92. The summed E-state index contributed by atoms with van der Waals surface area (Å²) in [6, 6.07) is 13.2. The predicted octanol–water partition coefficient (Wildman–Crippen LogP) is 4.18. The number of nitrogens with one attached hydrogen (secondary N) is 1. The summed E-state index contributed by atoms with van der Waals surface area (Å²) in [5, 5.41) is 14.3. The monoisotopic (exact) mass is 462 g/mol. The molecule has 0 saturated carbocycles. The highest BCUT2D eigenvalue weighted by atomic mass is 16.6. The third-order valence-corrected chi connectivity index (χ3v) is 6.46. The number of aromatic hydroxyl groups is 1. The zero-order valence-electron chi connectivity index (χ0n) is 19.4. The summed E-state index contributed by atoms with van der Waals surface area (Å²) in [6.07, 6.45) is 3.51. The summed E-state index contributed by atoms with van der Waals surface area (Å²) in [5.41, 5.74) is 2.52. The number of amides is 1. The fourth-order valence-corrected chi connectivity index (χ4v) is 4.63. The molecule has 2 atom stereocenters. The molecule has 8 heteroatoms. The van der Waals surface area contributed by atoms with Gasteiger partial charge in [-0.2, -0.15) is 0 Å². The number of hydrogen-bond acceptors (Lipinski definition) is 7. The fourth-order valence-electron chi connectivity index (χ4n) is 4.63. The summed E-state index contributed by atoms with van der Waals surface area (Å²) >= 11 is 0. The molecule has 2 saturated heterocycles. The first kappa shape index (κ1) is 22.4. The van der Waals surface area contributed by atoms with Crippen molar-refractivity contribution in [3.8, 4) is 17.1 Å². The number of anilines is 1. The van der Waals surface area contributed by atoms with Gasteiger partial charge in [-0.1, -0.05) is 18.2 Å². The van der Waals surface area contributed by atoms with Crippen LogP contribution in [0.1, 0.15) is 31.2 Å². The van der Waals surface area contributed by atoms with E-state index in [0.717, 1.165) is 61.1 Å². The summed E-state index contributed by atoms with van der Waals surface area (Å²) in [4.78, 5) is 24.1. The molecule has 1 amide bonds. The van der Waals surface area contributed by atoms with Crippen LogP contribution in [0.25, 0.3) is 22.3 Å². The normalized spacial score (nSPS) is 20.4. The predicted molar refractivity (Wildman–Crippen MR) is 130 cm³/mol. The number of hydrogen-bond donors (Lipinski definition) is 2. The maximum atomic E-state index is 12.4. The van der Waals surface area contributed by atoms with Crippen LogP contribution in [0.15, 0.2) is 42.5 Å². The molecule has 2 fully saturated rings. The van der Waals surface area contributed by atoms with Crippen LogP contribution < -0.4 is 10.2 Å². The van der Waals surface area contributed by atoms with Gasteiger partial charge in [0, 0.05) is 25.1 Å². The smallest absolute Gasteiger partial charge is 0.407 e. The Labute approximate surface area is 198 Å². The van der Waals surface area contributed by atoms with Crippen molar-refractivity contribution in [2.75, 3.05) is 31.2 Å². The second-order valence-corrected chi connectivity index (χ2v) is 9.07. The number of carbonyl (C=O) groups is 1. The third-order valence-electron chi connectivity index (χ3n) is 6.46. The van der Waals surface area contributed by atoms with Crippen LogP contribution in [0, 0.1) is 6.92 Å². The highest BCUT2D eigenvalue weighted by Gasteiger charge is 2.28. The molecule has 0 radical (unpaired) electrons. The molecule has 0 aliphatic carbocycles. The van der Waals surface area contributed by atoms with E-state index in [4.69, 9.17) is 19.4 Å². The van der Waals surface area contributed by atoms with Gasteiger partial charge in [0.15, 0.2) is 5.82 Å². The van der Waals surface area contributed by atoms with Crippen LogP contribution in [-0.2, 0) is 9.47 Å². The van der Waals surface area contributed by atoms with Crippen LogP contribution in [0.2, 0.25) is 0 Å². The minimum Gasteiger partial charge on any atom is -0.507 e. The second-order valence-electron chi connectivity index (χ2n) is 9.07. The molecule has 2 aromatic carbocycles. The molecule has 3 heterocycles. The van der Waals surface area contributed by atoms with Gasteiger partial charge < -0.3 is 24.8 Å². The van der Waals surface area contributed by atoms with E-state index in [1.54, 1.807) is 12.1 Å². The Bertz CT molecular complexity index is 1180. The summed E-state index contributed by atoms with van der Waals surface area (Å²) in [6.45, 7) is 4.43. The number of aryl methyl sites for hydroxylation is 1. The van der Waals surface area contributed by atoms with Crippen LogP contribution in [0.4, 0.5) is 10.6 Å². The van der Waals surface area contributed by atoms with Crippen molar-refractivity contribution >= 4 is 22.8 Å². The van der Waals surface area contributed by atoms with Gasteiger partial charge in [0.05, 0.1) is 23.2 Å². The zero-order valence-corrected chi connectivity index (χ0v) is 19.4. The average Bonchev–Trinajstić information content (AvgIpc) is 3.31. The van der Waals surface area contributed by atoms with E-state index in [0.29, 0.717) is 24.5 Å². The number of phenolic OH excluding ortho intramolecular Hbond substituents is 1. The van der Waals surface area contributed by atoms with Gasteiger partial charge in [0.2, 0.25) is 0 Å². The maximum absolute atomic E-state index is 12.4. The van der Waals surface area contributed by atoms with Crippen LogP contribution in [0.5, 0.6) is 5.75 Å². The largest absolute Gasteiger partial charge is 0.507 e. The lowest BCUT2D eigenvalue weighted by atomic mass is 10.1. The van der Waals surface area contributed by atoms with E-state index in [1.165, 1.54) is 0 Å². The number of ether oxygens (including phenoxy) is 2. The third kappa shape index (κ3) is 4.92. The van der Waals surface area contributed by atoms with E-state index in [9.17, 15) is 9.90 Å². The topological polar surface area (TPSA) is 96.8 Å². The Morgan fingerprint density at radius 3 is 2.91 bits per heavy atom. The number of benzene rings is 2. The minimum atomic E-state index is -0.404. The Hall–Kier alpha value is -3.39. The fraction of sp³-hybridized carbons (Fsp3) is 0.423. The number of rotatable bonds is 5. The Morgan fingerprint density at radius 1 is 1.21 bits per heavy atom. The van der Waals surface area contributed by atoms with E-state index in [-0.39, 0.29) is 17.9 Å². The molecule has 0 bridgehead atoms. The van der Waals surface area contributed by atoms with Crippen molar-refractivity contribution in [3.05, 3.63) is 48.0 Å². The number of aromatic nitrogens is 2. The molecular weight excluding hydrogens is 432 g/mol. The summed E-state index contributed by atoms with van der Waals surface area (Å²) < 4.78 is 11.0. The van der Waals surface area contributed by atoms with Gasteiger partial charge >= 0.3 is 6.09 Å². The maximum Gasteiger partial charge on any atom is 0.407 e. The Morgan fingerprint density at radius 2 is 2.09 bits per heavy atom. The zero-order chi connectivity index (χ0) is 23.5. The quantitative estimate of drug-likeness (QED) is 0.587. The standard InChI is InChI=1S/C26H30N4O4/c1-17-9-10-20-22(14-17)28-24(21-7-2-3-8-23(21)31)29-25(20)30-12-11-18(15-30)27-26(32)34-16-19-6-4-5-13-33-19/h2-3,7-10,14,18-19,31H,4-6,11-13,15-16H2,1H3,(H,27,32). The lowest BCUT2D eigenvalue weighted by molar-refractivity contribution is -0.0226. The molecule has 2 aliphatic heterocycles. The van der Waals surface area contributed by atoms with Gasteiger partial charge in [0.1, 0.15) is 18.2 Å². The van der Waals surface area contributed by atoms with Gasteiger partial charge in [-0.25, -0.2) is 14.8 Å². The van der Waals surface area contributed by atoms with Crippen molar-refractivity contribution in [3.63, 3.8) is 0 Å². The summed E-state index contributed by atoms with van der Waals surface area (Å²) in [5.74, 6) is 1.43. The van der Waals surface area contributed by atoms with Crippen LogP contribution >= 0.6 is 0 Å². The van der Waals surface area contributed by atoms with E-state index in [2.05, 4.69) is 10.2 Å². The van der Waals surface area contributed by atoms with E-state index < -0.39 is 6.09 Å². The second kappa shape index (κ2) is 9.85. The summed E-state index contributed by atoms with van der Waals surface area (Å²) in [7, 11) is 0. The number of para-hydroxylation sites is 1. The molecule has 2 N–H and O–H groups in total. The lowest BCUT2D eigenvalue weighted by Crippen LogP contribution is -2.39. The van der Waals surface area contributed by atoms with Gasteiger partial charge in [-0.15, -0.1) is 0 Å². The molecule has 8 nitrogen and oxygen atoms in total. The molecule has 3 aromatic rings. The van der Waals surface area contributed by atoms with Crippen molar-refractivity contribution in [1.29, 1.82) is 0 Å². The Kier molecular flexibility index (Phi) is 6.49.